The van der Waals surface area contributed by atoms with E-state index in [1.54, 1.807) is 0 Å². The van der Waals surface area contributed by atoms with Crippen molar-refractivity contribution in [3.05, 3.63) is 11.7 Å². The monoisotopic (exact) mass is 279 g/mol. The highest BCUT2D eigenvalue weighted by atomic mass is 19.4. The van der Waals surface area contributed by atoms with Crippen LogP contribution in [0.5, 0.6) is 0 Å². The van der Waals surface area contributed by atoms with E-state index >= 15 is 0 Å². The first-order valence-corrected chi connectivity index (χ1v) is 6.56. The lowest BCUT2D eigenvalue weighted by Crippen LogP contribution is -2.30. The Hall–Kier alpha value is -1.11. The normalized spacial score (nSPS) is 13.7. The fraction of sp³-hybridized carbons (Fsp3) is 0.833. The molecule has 0 radical (unpaired) electrons. The summed E-state index contributed by atoms with van der Waals surface area (Å²) in [5, 5.41) is 6.87. The van der Waals surface area contributed by atoms with Gasteiger partial charge in [-0.3, -0.25) is 0 Å². The van der Waals surface area contributed by atoms with Crippen molar-refractivity contribution in [2.75, 3.05) is 6.54 Å². The molecule has 1 heterocycles. The molecular formula is C12H20F3N3O. The average molecular weight is 279 g/mol. The molecule has 1 rings (SSSR count). The Morgan fingerprint density at radius 1 is 1.32 bits per heavy atom. The van der Waals surface area contributed by atoms with Crippen LogP contribution in [0.25, 0.3) is 0 Å². The van der Waals surface area contributed by atoms with Crippen LogP contribution in [0.2, 0.25) is 0 Å². The van der Waals surface area contributed by atoms with Gasteiger partial charge in [0.25, 0.3) is 0 Å². The molecule has 0 aliphatic carbocycles. The predicted octanol–water partition coefficient (Wildman–Crippen LogP) is 2.89. The standard InChI is InChI=1S/C12H20F3N3O/c1-3-5-9(16-4-2)8-11-17-10(18-19-11)6-7-12(13,14)15/h9,16H,3-8H2,1-2H3. The Morgan fingerprint density at radius 2 is 2.05 bits per heavy atom. The van der Waals surface area contributed by atoms with Gasteiger partial charge in [0.2, 0.25) is 5.89 Å². The van der Waals surface area contributed by atoms with Gasteiger partial charge in [-0.2, -0.15) is 18.2 Å². The van der Waals surface area contributed by atoms with Crippen molar-refractivity contribution in [3.8, 4) is 0 Å². The molecule has 1 aromatic rings. The number of alkyl halides is 3. The van der Waals surface area contributed by atoms with E-state index in [1.165, 1.54) is 0 Å². The summed E-state index contributed by atoms with van der Waals surface area (Å²) in [6.07, 6.45) is -2.79. The zero-order valence-corrected chi connectivity index (χ0v) is 11.3. The topological polar surface area (TPSA) is 51.0 Å². The number of nitrogens with one attached hydrogen (secondary N) is 1. The first-order chi connectivity index (χ1) is 8.94. The number of aryl methyl sites for hydroxylation is 1. The predicted molar refractivity (Wildman–Crippen MR) is 64.8 cm³/mol. The molecule has 0 fully saturated rings. The van der Waals surface area contributed by atoms with Gasteiger partial charge in [0.15, 0.2) is 5.82 Å². The van der Waals surface area contributed by atoms with Crippen LogP contribution in [0.15, 0.2) is 4.52 Å². The Labute approximate surface area is 110 Å². The highest BCUT2D eigenvalue weighted by Gasteiger charge is 2.27. The number of hydrogen-bond acceptors (Lipinski definition) is 4. The van der Waals surface area contributed by atoms with E-state index in [2.05, 4.69) is 22.4 Å². The van der Waals surface area contributed by atoms with Crippen molar-refractivity contribution >= 4 is 0 Å². The number of likely N-dealkylation sites (N-methyl/N-ethyl adjacent to an activating group) is 1. The molecule has 0 saturated heterocycles. The van der Waals surface area contributed by atoms with Crippen molar-refractivity contribution in [2.45, 2.75) is 58.2 Å². The van der Waals surface area contributed by atoms with Gasteiger partial charge >= 0.3 is 6.18 Å². The number of rotatable bonds is 8. The molecule has 0 bridgehead atoms. The summed E-state index contributed by atoms with van der Waals surface area (Å²) >= 11 is 0. The van der Waals surface area contributed by atoms with Gasteiger partial charge in [0.05, 0.1) is 6.42 Å². The fourth-order valence-electron chi connectivity index (χ4n) is 1.85. The molecule has 0 aromatic carbocycles. The van der Waals surface area contributed by atoms with Crippen LogP contribution in [-0.4, -0.2) is 28.9 Å². The minimum absolute atomic E-state index is 0.124. The Bertz CT molecular complexity index is 359. The third-order valence-electron chi connectivity index (χ3n) is 2.69. The molecule has 7 heteroatoms. The number of halogens is 3. The second-order valence-corrected chi connectivity index (χ2v) is 4.47. The summed E-state index contributed by atoms with van der Waals surface area (Å²) in [6.45, 7) is 4.91. The van der Waals surface area contributed by atoms with Crippen molar-refractivity contribution in [2.24, 2.45) is 0 Å². The second-order valence-electron chi connectivity index (χ2n) is 4.47. The van der Waals surface area contributed by atoms with Gasteiger partial charge in [0.1, 0.15) is 0 Å². The lowest BCUT2D eigenvalue weighted by molar-refractivity contribution is -0.134. The molecule has 1 atom stereocenters. The summed E-state index contributed by atoms with van der Waals surface area (Å²) in [4.78, 5) is 4.00. The lowest BCUT2D eigenvalue weighted by atomic mass is 10.1. The van der Waals surface area contributed by atoms with Gasteiger partial charge in [-0.1, -0.05) is 25.4 Å². The van der Waals surface area contributed by atoms with Crippen LogP contribution in [0.4, 0.5) is 13.2 Å². The molecule has 0 amide bonds. The van der Waals surface area contributed by atoms with Gasteiger partial charge in [0, 0.05) is 18.9 Å². The SMILES string of the molecule is CCCC(Cc1nc(CCC(F)(F)F)no1)NCC. The van der Waals surface area contributed by atoms with Crippen LogP contribution in [0, 0.1) is 0 Å². The quantitative estimate of drug-likeness (QED) is 0.795. The van der Waals surface area contributed by atoms with Gasteiger partial charge < -0.3 is 9.84 Å². The average Bonchev–Trinajstić information content (AvgIpc) is 2.74. The highest BCUT2D eigenvalue weighted by Crippen LogP contribution is 2.21. The molecule has 0 aliphatic rings. The van der Waals surface area contributed by atoms with E-state index in [9.17, 15) is 13.2 Å². The molecule has 1 unspecified atom stereocenters. The highest BCUT2D eigenvalue weighted by molar-refractivity contribution is 4.90. The van der Waals surface area contributed by atoms with Crippen molar-refractivity contribution in [3.63, 3.8) is 0 Å². The first-order valence-electron chi connectivity index (χ1n) is 6.56. The summed E-state index contributed by atoms with van der Waals surface area (Å²) < 4.78 is 41.2. The number of hydrogen-bond donors (Lipinski definition) is 1. The van der Waals surface area contributed by atoms with E-state index in [4.69, 9.17) is 4.52 Å². The van der Waals surface area contributed by atoms with E-state index < -0.39 is 12.6 Å². The maximum Gasteiger partial charge on any atom is 0.389 e. The fourth-order valence-corrected chi connectivity index (χ4v) is 1.85. The molecular weight excluding hydrogens is 259 g/mol. The number of aromatic nitrogens is 2. The van der Waals surface area contributed by atoms with Crippen LogP contribution in [-0.2, 0) is 12.8 Å². The molecule has 0 aliphatic heterocycles. The van der Waals surface area contributed by atoms with Gasteiger partial charge in [-0.25, -0.2) is 0 Å². The van der Waals surface area contributed by atoms with Crippen molar-refractivity contribution in [1.29, 1.82) is 0 Å². The minimum Gasteiger partial charge on any atom is -0.339 e. The van der Waals surface area contributed by atoms with Crippen LogP contribution in [0.1, 0.15) is 44.8 Å². The van der Waals surface area contributed by atoms with Crippen LogP contribution in [0.3, 0.4) is 0 Å². The van der Waals surface area contributed by atoms with E-state index in [-0.39, 0.29) is 18.3 Å². The number of nitrogens with zero attached hydrogens (tertiary/aromatic N) is 2. The zero-order chi connectivity index (χ0) is 14.3. The van der Waals surface area contributed by atoms with E-state index in [1.807, 2.05) is 6.92 Å². The van der Waals surface area contributed by atoms with Crippen LogP contribution < -0.4 is 5.32 Å². The van der Waals surface area contributed by atoms with Crippen molar-refractivity contribution in [1.82, 2.24) is 15.5 Å². The third kappa shape index (κ3) is 6.56. The van der Waals surface area contributed by atoms with Crippen LogP contribution >= 0.6 is 0 Å². The lowest BCUT2D eigenvalue weighted by Gasteiger charge is -2.14. The molecule has 1 N–H and O–H groups in total. The summed E-state index contributed by atoms with van der Waals surface area (Å²) in [5.74, 6) is 0.524. The third-order valence-corrected chi connectivity index (χ3v) is 2.69. The molecule has 19 heavy (non-hydrogen) atoms. The molecule has 0 spiro atoms. The first kappa shape index (κ1) is 15.9. The smallest absolute Gasteiger partial charge is 0.339 e. The Morgan fingerprint density at radius 3 is 2.63 bits per heavy atom. The largest absolute Gasteiger partial charge is 0.389 e. The Balaban J connectivity index is 2.48. The Kier molecular flexibility index (Phi) is 6.27. The molecule has 1 aromatic heterocycles. The molecule has 4 nitrogen and oxygen atoms in total. The van der Waals surface area contributed by atoms with Gasteiger partial charge in [-0.15, -0.1) is 0 Å². The summed E-state index contributed by atoms with van der Waals surface area (Å²) in [5.41, 5.74) is 0. The van der Waals surface area contributed by atoms with Gasteiger partial charge in [-0.05, 0) is 13.0 Å². The maximum atomic E-state index is 12.1. The molecule has 0 saturated carbocycles. The zero-order valence-electron chi connectivity index (χ0n) is 11.3. The summed E-state index contributed by atoms with van der Waals surface area (Å²) in [6, 6.07) is 0.228. The van der Waals surface area contributed by atoms with E-state index in [0.717, 1.165) is 19.4 Å². The summed E-state index contributed by atoms with van der Waals surface area (Å²) in [7, 11) is 0. The maximum absolute atomic E-state index is 12.1. The van der Waals surface area contributed by atoms with Crippen molar-refractivity contribution < 1.29 is 17.7 Å². The van der Waals surface area contributed by atoms with E-state index in [0.29, 0.717) is 12.3 Å². The minimum atomic E-state index is -4.19. The second kappa shape index (κ2) is 7.47. The molecule has 110 valence electrons.